The number of nitrogens with one attached hydrogen (secondary N) is 2. The van der Waals surface area contributed by atoms with Crippen LogP contribution in [0.3, 0.4) is 0 Å². The summed E-state index contributed by atoms with van der Waals surface area (Å²) in [4.78, 5) is 11.7. The molecule has 2 rings (SSSR count). The third-order valence-corrected chi connectivity index (χ3v) is 3.60. The van der Waals surface area contributed by atoms with E-state index in [-0.39, 0.29) is 18.1 Å². The highest BCUT2D eigenvalue weighted by Gasteiger charge is 2.25. The van der Waals surface area contributed by atoms with Gasteiger partial charge in [-0.3, -0.25) is 4.79 Å². The molecule has 0 saturated carbocycles. The first-order valence-corrected chi connectivity index (χ1v) is 6.40. The van der Waals surface area contributed by atoms with Gasteiger partial charge in [0, 0.05) is 19.1 Å². The van der Waals surface area contributed by atoms with E-state index >= 15 is 0 Å². The Balaban J connectivity index is 1.63. The second-order valence-electron chi connectivity index (χ2n) is 4.87. The predicted molar refractivity (Wildman–Crippen MR) is 62.2 cm³/mol. The normalized spacial score (nSPS) is 34.2. The fourth-order valence-electron chi connectivity index (χ4n) is 2.51. The molecular weight excluding hydrogens is 204 g/mol. The molecule has 2 heterocycles. The van der Waals surface area contributed by atoms with Crippen LogP contribution in [-0.4, -0.2) is 37.2 Å². The Morgan fingerprint density at radius 3 is 3.00 bits per heavy atom. The molecule has 0 aliphatic carbocycles. The molecule has 0 bridgehead atoms. The zero-order valence-electron chi connectivity index (χ0n) is 10.00. The summed E-state index contributed by atoms with van der Waals surface area (Å²) in [7, 11) is 0. The highest BCUT2D eigenvalue weighted by molar-refractivity contribution is 5.76. The van der Waals surface area contributed by atoms with E-state index in [1.54, 1.807) is 0 Å². The lowest BCUT2D eigenvalue weighted by molar-refractivity contribution is -0.122. The van der Waals surface area contributed by atoms with E-state index in [1.807, 2.05) is 6.92 Å². The lowest BCUT2D eigenvalue weighted by atomic mass is 10.1. The Kier molecular flexibility index (Phi) is 4.18. The van der Waals surface area contributed by atoms with Crippen LogP contribution in [0.5, 0.6) is 0 Å². The molecule has 16 heavy (non-hydrogen) atoms. The molecule has 3 atom stereocenters. The van der Waals surface area contributed by atoms with Crippen molar-refractivity contribution in [2.24, 2.45) is 0 Å². The van der Waals surface area contributed by atoms with Gasteiger partial charge in [0.1, 0.15) is 0 Å². The molecule has 2 aliphatic heterocycles. The third-order valence-electron chi connectivity index (χ3n) is 3.60. The van der Waals surface area contributed by atoms with E-state index in [4.69, 9.17) is 4.74 Å². The minimum absolute atomic E-state index is 0.175. The van der Waals surface area contributed by atoms with Gasteiger partial charge in [0.15, 0.2) is 0 Å². The first kappa shape index (κ1) is 11.9. The number of carbonyl (C=O) groups excluding carboxylic acids is 1. The van der Waals surface area contributed by atoms with E-state index in [0.29, 0.717) is 12.5 Å². The van der Waals surface area contributed by atoms with Gasteiger partial charge in [-0.25, -0.2) is 0 Å². The van der Waals surface area contributed by atoms with E-state index in [1.165, 1.54) is 12.8 Å². The monoisotopic (exact) mass is 226 g/mol. The van der Waals surface area contributed by atoms with Crippen molar-refractivity contribution in [2.75, 3.05) is 13.2 Å². The maximum Gasteiger partial charge on any atom is 0.220 e. The molecule has 2 fully saturated rings. The molecule has 0 aromatic heterocycles. The SMILES string of the molecule is CC1OCCC1NC(=O)CCC1CCCN1. The third kappa shape index (κ3) is 3.19. The molecule has 2 N–H and O–H groups in total. The second kappa shape index (κ2) is 5.64. The standard InChI is InChI=1S/C12H22N2O2/c1-9-11(6-8-16-9)14-12(15)5-4-10-3-2-7-13-10/h9-11,13H,2-8H2,1H3,(H,14,15). The highest BCUT2D eigenvalue weighted by Crippen LogP contribution is 2.14. The summed E-state index contributed by atoms with van der Waals surface area (Å²) < 4.78 is 5.42. The fraction of sp³-hybridized carbons (Fsp3) is 0.917. The Bertz CT molecular complexity index is 239. The summed E-state index contributed by atoms with van der Waals surface area (Å²) in [6.45, 7) is 3.91. The van der Waals surface area contributed by atoms with E-state index in [9.17, 15) is 4.79 Å². The number of hydrogen-bond donors (Lipinski definition) is 2. The number of hydrogen-bond acceptors (Lipinski definition) is 3. The summed E-state index contributed by atoms with van der Waals surface area (Å²) in [6.07, 6.45) is 5.20. The Labute approximate surface area is 97.1 Å². The molecule has 0 radical (unpaired) electrons. The zero-order chi connectivity index (χ0) is 11.4. The van der Waals surface area contributed by atoms with Gasteiger partial charge < -0.3 is 15.4 Å². The molecule has 3 unspecified atom stereocenters. The average Bonchev–Trinajstić information content (AvgIpc) is 2.88. The quantitative estimate of drug-likeness (QED) is 0.746. The highest BCUT2D eigenvalue weighted by atomic mass is 16.5. The maximum atomic E-state index is 11.7. The minimum Gasteiger partial charge on any atom is -0.376 e. The van der Waals surface area contributed by atoms with Gasteiger partial charge >= 0.3 is 0 Å². The molecule has 2 saturated heterocycles. The van der Waals surface area contributed by atoms with Crippen LogP contribution in [0.25, 0.3) is 0 Å². The van der Waals surface area contributed by atoms with Crippen molar-refractivity contribution >= 4 is 5.91 Å². The molecule has 2 aliphatic rings. The van der Waals surface area contributed by atoms with Crippen molar-refractivity contribution in [2.45, 2.75) is 57.2 Å². The van der Waals surface area contributed by atoms with Gasteiger partial charge in [0.05, 0.1) is 12.1 Å². The van der Waals surface area contributed by atoms with E-state index < -0.39 is 0 Å². The van der Waals surface area contributed by atoms with Gasteiger partial charge in [-0.15, -0.1) is 0 Å². The smallest absolute Gasteiger partial charge is 0.220 e. The molecule has 0 spiro atoms. The Morgan fingerprint density at radius 1 is 1.50 bits per heavy atom. The maximum absolute atomic E-state index is 11.7. The Hall–Kier alpha value is -0.610. The van der Waals surface area contributed by atoms with Crippen molar-refractivity contribution in [1.82, 2.24) is 10.6 Å². The molecule has 4 heteroatoms. The lowest BCUT2D eigenvalue weighted by Gasteiger charge is -2.16. The largest absolute Gasteiger partial charge is 0.376 e. The van der Waals surface area contributed by atoms with Crippen molar-refractivity contribution in [1.29, 1.82) is 0 Å². The summed E-state index contributed by atoms with van der Waals surface area (Å²) in [5, 5.41) is 6.47. The summed E-state index contributed by atoms with van der Waals surface area (Å²) in [5.74, 6) is 0.177. The van der Waals surface area contributed by atoms with E-state index in [2.05, 4.69) is 10.6 Å². The van der Waals surface area contributed by atoms with Gasteiger partial charge in [-0.1, -0.05) is 0 Å². The summed E-state index contributed by atoms with van der Waals surface area (Å²) in [6, 6.07) is 0.784. The second-order valence-corrected chi connectivity index (χ2v) is 4.87. The molecule has 4 nitrogen and oxygen atoms in total. The number of carbonyl (C=O) groups is 1. The van der Waals surface area contributed by atoms with Crippen LogP contribution < -0.4 is 10.6 Å². The van der Waals surface area contributed by atoms with Crippen LogP contribution in [0.2, 0.25) is 0 Å². The lowest BCUT2D eigenvalue weighted by Crippen LogP contribution is -2.39. The van der Waals surface area contributed by atoms with Crippen LogP contribution in [0, 0.1) is 0 Å². The molecule has 0 aromatic carbocycles. The minimum atomic E-state index is 0.175. The van der Waals surface area contributed by atoms with Gasteiger partial charge in [0.2, 0.25) is 5.91 Å². The van der Waals surface area contributed by atoms with Crippen LogP contribution in [0.1, 0.15) is 39.0 Å². The molecular formula is C12H22N2O2. The van der Waals surface area contributed by atoms with Crippen LogP contribution in [0.4, 0.5) is 0 Å². The van der Waals surface area contributed by atoms with Crippen molar-refractivity contribution in [3.05, 3.63) is 0 Å². The van der Waals surface area contributed by atoms with Crippen molar-refractivity contribution in [3.8, 4) is 0 Å². The summed E-state index contributed by atoms with van der Waals surface area (Å²) in [5.41, 5.74) is 0. The van der Waals surface area contributed by atoms with Crippen LogP contribution in [-0.2, 0) is 9.53 Å². The fourth-order valence-corrected chi connectivity index (χ4v) is 2.51. The average molecular weight is 226 g/mol. The first-order chi connectivity index (χ1) is 7.75. The molecule has 0 aromatic rings. The predicted octanol–water partition coefficient (Wildman–Crippen LogP) is 0.812. The number of ether oxygens (including phenoxy) is 1. The van der Waals surface area contributed by atoms with Crippen molar-refractivity contribution in [3.63, 3.8) is 0 Å². The van der Waals surface area contributed by atoms with Gasteiger partial charge in [-0.05, 0) is 39.2 Å². The van der Waals surface area contributed by atoms with Gasteiger partial charge in [-0.2, -0.15) is 0 Å². The molecule has 1 amide bonds. The number of rotatable bonds is 4. The van der Waals surface area contributed by atoms with Crippen LogP contribution in [0.15, 0.2) is 0 Å². The topological polar surface area (TPSA) is 50.4 Å². The zero-order valence-corrected chi connectivity index (χ0v) is 10.00. The first-order valence-electron chi connectivity index (χ1n) is 6.40. The molecule has 92 valence electrons. The van der Waals surface area contributed by atoms with Crippen molar-refractivity contribution < 1.29 is 9.53 Å². The summed E-state index contributed by atoms with van der Waals surface area (Å²) >= 11 is 0. The van der Waals surface area contributed by atoms with Crippen LogP contribution >= 0.6 is 0 Å². The number of amides is 1. The van der Waals surface area contributed by atoms with E-state index in [0.717, 1.165) is 26.0 Å². The van der Waals surface area contributed by atoms with Gasteiger partial charge in [0.25, 0.3) is 0 Å². The Morgan fingerprint density at radius 2 is 2.38 bits per heavy atom.